The molecular formula is C19H19BrO6. The lowest BCUT2D eigenvalue weighted by molar-refractivity contribution is -0.157. The molecule has 1 heterocycles. The number of alkyl halides is 1. The number of hydrogen-bond acceptors (Lipinski definition) is 6. The summed E-state index contributed by atoms with van der Waals surface area (Å²) in [6.07, 6.45) is -0.283. The first kappa shape index (κ1) is 17.5. The van der Waals surface area contributed by atoms with E-state index in [4.69, 9.17) is 14.2 Å². The maximum Gasteiger partial charge on any atom is 0.310 e. The van der Waals surface area contributed by atoms with Crippen molar-refractivity contribution < 1.29 is 28.6 Å². The van der Waals surface area contributed by atoms with Crippen LogP contribution in [0, 0.1) is 23.7 Å². The summed E-state index contributed by atoms with van der Waals surface area (Å²) in [6.45, 7) is 1.55. The van der Waals surface area contributed by atoms with Crippen molar-refractivity contribution in [2.45, 2.75) is 30.4 Å². The highest BCUT2D eigenvalue weighted by Gasteiger charge is 2.68. The quantitative estimate of drug-likeness (QED) is 0.411. The van der Waals surface area contributed by atoms with E-state index in [2.05, 4.69) is 15.9 Å². The summed E-state index contributed by atoms with van der Waals surface area (Å²) in [5.74, 6) is -1.34. The molecule has 1 aromatic rings. The van der Waals surface area contributed by atoms with E-state index < -0.39 is 23.9 Å². The van der Waals surface area contributed by atoms with E-state index >= 15 is 0 Å². The number of rotatable bonds is 5. The molecule has 0 N–H and O–H groups in total. The molecule has 0 spiro atoms. The molecule has 3 aliphatic rings. The molecule has 4 rings (SSSR count). The van der Waals surface area contributed by atoms with Crippen molar-refractivity contribution in [2.24, 2.45) is 23.7 Å². The van der Waals surface area contributed by atoms with Crippen LogP contribution in [0.4, 0.5) is 0 Å². The van der Waals surface area contributed by atoms with Gasteiger partial charge >= 0.3 is 11.9 Å². The van der Waals surface area contributed by atoms with Crippen molar-refractivity contribution in [3.8, 4) is 5.75 Å². The summed E-state index contributed by atoms with van der Waals surface area (Å²) >= 11 is 3.57. The zero-order valence-electron chi connectivity index (χ0n) is 14.4. The fourth-order valence-electron chi connectivity index (χ4n) is 4.59. The van der Waals surface area contributed by atoms with Gasteiger partial charge in [-0.15, -0.1) is 0 Å². The Morgan fingerprint density at radius 3 is 2.58 bits per heavy atom. The molecule has 0 aromatic heterocycles. The molecule has 138 valence electrons. The number of ketones is 1. The minimum Gasteiger partial charge on any atom is -0.497 e. The van der Waals surface area contributed by atoms with Gasteiger partial charge in [-0.3, -0.25) is 14.4 Å². The van der Waals surface area contributed by atoms with E-state index in [0.29, 0.717) is 11.3 Å². The second-order valence-corrected chi connectivity index (χ2v) is 8.19. The predicted molar refractivity (Wildman–Crippen MR) is 94.1 cm³/mol. The van der Waals surface area contributed by atoms with E-state index in [1.165, 1.54) is 0 Å². The summed E-state index contributed by atoms with van der Waals surface area (Å²) in [7, 11) is 1.55. The highest BCUT2D eigenvalue weighted by atomic mass is 79.9. The number of Topliss-reactive ketones (excluding diaryl/α,β-unsaturated/α-hetero) is 1. The normalized spacial score (nSPS) is 35.1. The Balaban J connectivity index is 1.46. The Bertz CT molecular complexity index is 760. The topological polar surface area (TPSA) is 78.9 Å². The minimum absolute atomic E-state index is 0.0113. The van der Waals surface area contributed by atoms with E-state index in [-0.39, 0.29) is 34.5 Å². The van der Waals surface area contributed by atoms with Crippen LogP contribution < -0.4 is 4.74 Å². The molecule has 1 saturated heterocycles. The van der Waals surface area contributed by atoms with Crippen LogP contribution in [0.1, 0.15) is 23.7 Å². The maximum absolute atomic E-state index is 12.7. The van der Waals surface area contributed by atoms with Crippen LogP contribution in [-0.2, 0) is 19.1 Å². The largest absolute Gasteiger partial charge is 0.497 e. The van der Waals surface area contributed by atoms with Crippen LogP contribution in [0.25, 0.3) is 0 Å². The first-order valence-corrected chi connectivity index (χ1v) is 9.57. The Hall–Kier alpha value is -1.89. The number of halogens is 1. The molecule has 1 aromatic carbocycles. The Morgan fingerprint density at radius 1 is 1.23 bits per heavy atom. The Labute approximate surface area is 159 Å². The summed E-state index contributed by atoms with van der Waals surface area (Å²) in [4.78, 5) is 37.4. The second kappa shape index (κ2) is 6.37. The number of methoxy groups -OCH3 is 1. The van der Waals surface area contributed by atoms with Crippen molar-refractivity contribution in [1.82, 2.24) is 0 Å². The number of fused-ring (bicyclic) bond motifs is 1. The monoisotopic (exact) mass is 422 g/mol. The van der Waals surface area contributed by atoms with Crippen molar-refractivity contribution in [1.29, 1.82) is 0 Å². The number of ether oxygens (including phenoxy) is 3. The predicted octanol–water partition coefficient (Wildman–Crippen LogP) is 2.38. The molecule has 6 nitrogen and oxygen atoms in total. The van der Waals surface area contributed by atoms with Crippen LogP contribution >= 0.6 is 15.9 Å². The average molecular weight is 423 g/mol. The summed E-state index contributed by atoms with van der Waals surface area (Å²) < 4.78 is 15.9. The van der Waals surface area contributed by atoms with Gasteiger partial charge in [0.2, 0.25) is 5.78 Å². The van der Waals surface area contributed by atoms with Gasteiger partial charge in [0, 0.05) is 11.5 Å². The van der Waals surface area contributed by atoms with E-state index in [0.717, 1.165) is 6.42 Å². The smallest absolute Gasteiger partial charge is 0.310 e. The molecule has 1 aliphatic heterocycles. The molecule has 2 aliphatic carbocycles. The van der Waals surface area contributed by atoms with Crippen LogP contribution in [0.3, 0.4) is 0 Å². The third-order valence-corrected chi connectivity index (χ3v) is 7.03. The lowest BCUT2D eigenvalue weighted by Gasteiger charge is -2.27. The van der Waals surface area contributed by atoms with E-state index in [1.54, 1.807) is 38.3 Å². The van der Waals surface area contributed by atoms with Gasteiger partial charge in [0.15, 0.2) is 6.10 Å². The third kappa shape index (κ3) is 2.55. The SMILES string of the molecule is COc1ccc(C(=O)[C@H](C)OC(=O)[C@@H]2[C@H]3C[C@H]4[C@H](OC(=O)[C@@H]42)[C@H]3Br)cc1. The summed E-state index contributed by atoms with van der Waals surface area (Å²) in [5, 5.41) is 0. The van der Waals surface area contributed by atoms with Gasteiger partial charge in [0.05, 0.1) is 23.8 Å². The molecule has 2 bridgehead atoms. The number of carbonyl (C=O) groups is 3. The Kier molecular flexibility index (Phi) is 4.29. The Morgan fingerprint density at radius 2 is 1.92 bits per heavy atom. The van der Waals surface area contributed by atoms with Crippen molar-refractivity contribution in [3.63, 3.8) is 0 Å². The summed E-state index contributed by atoms with van der Waals surface area (Å²) in [5.41, 5.74) is 0.442. The van der Waals surface area contributed by atoms with Crippen molar-refractivity contribution >= 4 is 33.7 Å². The molecular weight excluding hydrogens is 404 g/mol. The lowest BCUT2D eigenvalue weighted by Crippen LogP contribution is -2.40. The third-order valence-electron chi connectivity index (χ3n) is 5.83. The number of hydrogen-bond donors (Lipinski definition) is 0. The lowest BCUT2D eigenvalue weighted by atomic mass is 9.80. The first-order chi connectivity index (χ1) is 12.4. The van der Waals surface area contributed by atoms with Gasteiger partial charge in [-0.05, 0) is 43.5 Å². The standard InChI is InChI=1S/C19H19BrO6/c1-8(16(21)9-3-5-10(24-2)6-4-9)25-18(22)13-11-7-12-14(13)19(23)26-17(12)15(11)20/h3-6,8,11-15,17H,7H2,1-2H3/t8-,11+,12+,13+,14-,15-,17-/m0/s1. The molecule has 2 saturated carbocycles. The number of benzene rings is 1. The molecule has 0 amide bonds. The fraction of sp³-hybridized carbons (Fsp3) is 0.526. The number of esters is 2. The number of carbonyl (C=O) groups excluding carboxylic acids is 3. The van der Waals surface area contributed by atoms with Crippen molar-refractivity contribution in [2.75, 3.05) is 7.11 Å². The van der Waals surface area contributed by atoms with Gasteiger partial charge in [0.25, 0.3) is 0 Å². The molecule has 0 unspecified atom stereocenters. The van der Waals surface area contributed by atoms with Gasteiger partial charge < -0.3 is 14.2 Å². The maximum atomic E-state index is 12.7. The minimum atomic E-state index is -0.919. The van der Waals surface area contributed by atoms with Gasteiger partial charge in [0.1, 0.15) is 11.9 Å². The van der Waals surface area contributed by atoms with Crippen molar-refractivity contribution in [3.05, 3.63) is 29.8 Å². The first-order valence-electron chi connectivity index (χ1n) is 8.65. The molecule has 3 fully saturated rings. The highest BCUT2D eigenvalue weighted by molar-refractivity contribution is 9.09. The zero-order chi connectivity index (χ0) is 18.6. The average Bonchev–Trinajstić information content (AvgIpc) is 3.25. The fourth-order valence-corrected chi connectivity index (χ4v) is 5.64. The van der Waals surface area contributed by atoms with Crippen LogP contribution in [0.2, 0.25) is 0 Å². The van der Waals surface area contributed by atoms with E-state index in [9.17, 15) is 14.4 Å². The second-order valence-electron chi connectivity index (χ2n) is 7.13. The molecule has 7 heteroatoms. The van der Waals surface area contributed by atoms with Gasteiger partial charge in [-0.2, -0.15) is 0 Å². The van der Waals surface area contributed by atoms with Gasteiger partial charge in [-0.25, -0.2) is 0 Å². The molecule has 0 radical (unpaired) electrons. The van der Waals surface area contributed by atoms with Crippen LogP contribution in [0.15, 0.2) is 24.3 Å². The molecule has 26 heavy (non-hydrogen) atoms. The van der Waals surface area contributed by atoms with Gasteiger partial charge in [-0.1, -0.05) is 15.9 Å². The summed E-state index contributed by atoms with van der Waals surface area (Å²) in [6, 6.07) is 6.64. The van der Waals surface area contributed by atoms with Crippen LogP contribution in [0.5, 0.6) is 5.75 Å². The zero-order valence-corrected chi connectivity index (χ0v) is 16.0. The highest BCUT2D eigenvalue weighted by Crippen LogP contribution is 2.60. The molecule has 7 atom stereocenters. The van der Waals surface area contributed by atoms with Crippen LogP contribution in [-0.4, -0.2) is 41.9 Å². The van der Waals surface area contributed by atoms with E-state index in [1.807, 2.05) is 0 Å².